The Labute approximate surface area is 193 Å². The molecule has 2 N–H and O–H groups in total. The summed E-state index contributed by atoms with van der Waals surface area (Å²) in [5.74, 6) is -0.0627. The molecule has 176 valence electrons. The predicted octanol–water partition coefficient (Wildman–Crippen LogP) is 5.12. The first-order valence-electron chi connectivity index (χ1n) is 11.6. The fourth-order valence-electron chi connectivity index (χ4n) is 3.44. The number of nitrogens with zero attached hydrogens (tertiary/aromatic N) is 1. The van der Waals surface area contributed by atoms with E-state index < -0.39 is 10.0 Å². The Morgan fingerprint density at radius 3 is 2.03 bits per heavy atom. The Morgan fingerprint density at radius 1 is 0.781 bits per heavy atom. The minimum Gasteiger partial charge on any atom is -0.326 e. The van der Waals surface area contributed by atoms with E-state index in [-0.39, 0.29) is 11.7 Å². The second-order valence-electron chi connectivity index (χ2n) is 8.06. The zero-order valence-electron chi connectivity index (χ0n) is 19.1. The van der Waals surface area contributed by atoms with E-state index in [4.69, 9.17) is 0 Å². The Balaban J connectivity index is 1.84. The van der Waals surface area contributed by atoms with Gasteiger partial charge in [0.15, 0.2) is 0 Å². The maximum absolute atomic E-state index is 12.5. The van der Waals surface area contributed by atoms with Gasteiger partial charge in [-0.15, -0.1) is 0 Å². The lowest BCUT2D eigenvalue weighted by Crippen LogP contribution is -2.34. The van der Waals surface area contributed by atoms with Crippen LogP contribution in [-0.2, 0) is 14.8 Å². The Morgan fingerprint density at radius 2 is 1.38 bits per heavy atom. The van der Waals surface area contributed by atoms with Crippen molar-refractivity contribution in [1.82, 2.24) is 4.90 Å². The van der Waals surface area contributed by atoms with E-state index in [1.807, 2.05) is 36.4 Å². The topological polar surface area (TPSA) is 78.5 Å². The molecule has 1 amide bonds. The van der Waals surface area contributed by atoms with Gasteiger partial charge in [0.1, 0.15) is 0 Å². The summed E-state index contributed by atoms with van der Waals surface area (Å²) in [4.78, 5) is 14.4. The minimum absolute atomic E-state index is 0.00195. The molecule has 0 aliphatic carbocycles. The summed E-state index contributed by atoms with van der Waals surface area (Å²) in [5, 5.41) is 2.90. The van der Waals surface area contributed by atoms with E-state index in [1.165, 1.54) is 25.7 Å². The molecule has 2 aromatic carbocycles. The quantitative estimate of drug-likeness (QED) is 0.342. The molecule has 0 aliphatic rings. The van der Waals surface area contributed by atoms with Crippen LogP contribution in [0.1, 0.15) is 51.9 Å². The van der Waals surface area contributed by atoms with Crippen molar-refractivity contribution in [3.8, 4) is 0 Å². The SMILES string of the molecule is CCCCCCCCN(CCC(=O)Nc1ccccc1)CCS(=O)(=O)Nc1ccccc1. The van der Waals surface area contributed by atoms with Crippen molar-refractivity contribution in [2.24, 2.45) is 0 Å². The molecule has 0 saturated carbocycles. The summed E-state index contributed by atoms with van der Waals surface area (Å²) in [5.41, 5.74) is 1.34. The van der Waals surface area contributed by atoms with Gasteiger partial charge in [-0.25, -0.2) is 8.42 Å². The first-order valence-corrected chi connectivity index (χ1v) is 13.3. The zero-order chi connectivity index (χ0) is 23.1. The van der Waals surface area contributed by atoms with Gasteiger partial charge in [0, 0.05) is 30.9 Å². The molecule has 0 aromatic heterocycles. The van der Waals surface area contributed by atoms with E-state index in [2.05, 4.69) is 21.9 Å². The summed E-state index contributed by atoms with van der Waals surface area (Å²) in [6.45, 7) is 3.93. The van der Waals surface area contributed by atoms with Crippen LogP contribution in [0.3, 0.4) is 0 Å². The second kappa shape index (κ2) is 14.6. The average molecular weight is 460 g/mol. The standard InChI is InChI=1S/C25H37N3O3S/c1-2-3-4-5-6-13-19-28(20-18-25(29)26-23-14-9-7-10-15-23)21-22-32(30,31)27-24-16-11-8-12-17-24/h7-12,14-17,27H,2-6,13,18-22H2,1H3,(H,26,29). The molecule has 0 unspecified atom stereocenters. The maximum Gasteiger partial charge on any atom is 0.233 e. The molecule has 0 aliphatic heterocycles. The molecule has 7 heteroatoms. The van der Waals surface area contributed by atoms with Crippen molar-refractivity contribution in [3.63, 3.8) is 0 Å². The van der Waals surface area contributed by atoms with Crippen molar-refractivity contribution in [3.05, 3.63) is 60.7 Å². The smallest absolute Gasteiger partial charge is 0.233 e. The monoisotopic (exact) mass is 459 g/mol. The highest BCUT2D eigenvalue weighted by molar-refractivity contribution is 7.92. The Hall–Kier alpha value is -2.38. The summed E-state index contributed by atoms with van der Waals surface area (Å²) in [7, 11) is -3.45. The molecule has 0 saturated heterocycles. The van der Waals surface area contributed by atoms with Gasteiger partial charge in [-0.3, -0.25) is 9.52 Å². The minimum atomic E-state index is -3.45. The molecule has 0 radical (unpaired) electrons. The third-order valence-corrected chi connectivity index (χ3v) is 6.53. The average Bonchev–Trinajstić information content (AvgIpc) is 2.78. The summed E-state index contributed by atoms with van der Waals surface area (Å²) < 4.78 is 27.7. The van der Waals surface area contributed by atoms with Crippen molar-refractivity contribution < 1.29 is 13.2 Å². The summed E-state index contributed by atoms with van der Waals surface area (Å²) >= 11 is 0. The van der Waals surface area contributed by atoms with Crippen LogP contribution in [0.4, 0.5) is 11.4 Å². The highest BCUT2D eigenvalue weighted by Gasteiger charge is 2.15. The molecule has 0 fully saturated rings. The van der Waals surface area contributed by atoms with Gasteiger partial charge >= 0.3 is 0 Å². The fourth-order valence-corrected chi connectivity index (χ4v) is 4.54. The second-order valence-corrected chi connectivity index (χ2v) is 9.90. The summed E-state index contributed by atoms with van der Waals surface area (Å²) in [6, 6.07) is 18.3. The van der Waals surface area contributed by atoms with Crippen LogP contribution in [0.25, 0.3) is 0 Å². The van der Waals surface area contributed by atoms with Crippen molar-refractivity contribution in [1.29, 1.82) is 0 Å². The number of sulfonamides is 1. The van der Waals surface area contributed by atoms with Crippen molar-refractivity contribution in [2.45, 2.75) is 51.9 Å². The Bertz CT molecular complexity index is 874. The van der Waals surface area contributed by atoms with Gasteiger partial charge in [0.05, 0.1) is 5.75 Å². The number of para-hydroxylation sites is 2. The molecule has 2 rings (SSSR count). The van der Waals surface area contributed by atoms with Crippen LogP contribution in [-0.4, -0.2) is 44.6 Å². The number of benzene rings is 2. The van der Waals surface area contributed by atoms with Crippen molar-refractivity contribution in [2.75, 3.05) is 35.4 Å². The van der Waals surface area contributed by atoms with Gasteiger partial charge in [-0.05, 0) is 37.2 Å². The fraction of sp³-hybridized carbons (Fsp3) is 0.480. The lowest BCUT2D eigenvalue weighted by atomic mass is 10.1. The van der Waals surface area contributed by atoms with Crippen LogP contribution in [0.5, 0.6) is 0 Å². The first-order chi connectivity index (χ1) is 15.5. The van der Waals surface area contributed by atoms with Gasteiger partial charge in [0.2, 0.25) is 15.9 Å². The number of hydrogen-bond donors (Lipinski definition) is 2. The predicted molar refractivity (Wildman–Crippen MR) is 133 cm³/mol. The summed E-state index contributed by atoms with van der Waals surface area (Å²) in [6.07, 6.45) is 7.38. The maximum atomic E-state index is 12.5. The van der Waals surface area contributed by atoms with E-state index in [1.54, 1.807) is 24.3 Å². The number of amides is 1. The highest BCUT2D eigenvalue weighted by Crippen LogP contribution is 2.10. The lowest BCUT2D eigenvalue weighted by molar-refractivity contribution is -0.116. The molecular formula is C25H37N3O3S. The largest absolute Gasteiger partial charge is 0.326 e. The van der Waals surface area contributed by atoms with E-state index in [0.717, 1.165) is 25.1 Å². The number of unbranched alkanes of at least 4 members (excludes halogenated alkanes) is 5. The molecule has 2 aromatic rings. The van der Waals surface area contributed by atoms with Crippen molar-refractivity contribution >= 4 is 27.3 Å². The van der Waals surface area contributed by atoms with E-state index in [9.17, 15) is 13.2 Å². The number of carbonyl (C=O) groups is 1. The van der Waals surface area contributed by atoms with E-state index in [0.29, 0.717) is 25.2 Å². The van der Waals surface area contributed by atoms with E-state index >= 15 is 0 Å². The lowest BCUT2D eigenvalue weighted by Gasteiger charge is -2.22. The molecule has 32 heavy (non-hydrogen) atoms. The number of carbonyl (C=O) groups excluding carboxylic acids is 1. The molecule has 0 heterocycles. The molecule has 6 nitrogen and oxygen atoms in total. The third-order valence-electron chi connectivity index (χ3n) is 5.26. The van der Waals surface area contributed by atoms with Crippen LogP contribution >= 0.6 is 0 Å². The number of hydrogen-bond acceptors (Lipinski definition) is 4. The number of rotatable bonds is 16. The molecule has 0 bridgehead atoms. The molecule has 0 atom stereocenters. The normalized spacial score (nSPS) is 11.4. The van der Waals surface area contributed by atoms with Crippen LogP contribution in [0.2, 0.25) is 0 Å². The van der Waals surface area contributed by atoms with Crippen LogP contribution in [0, 0.1) is 0 Å². The number of anilines is 2. The first kappa shape index (κ1) is 25.9. The highest BCUT2D eigenvalue weighted by atomic mass is 32.2. The molecular weight excluding hydrogens is 422 g/mol. The molecule has 0 spiro atoms. The number of nitrogens with one attached hydrogen (secondary N) is 2. The van der Waals surface area contributed by atoms with Crippen LogP contribution < -0.4 is 10.0 Å². The third kappa shape index (κ3) is 11.3. The van der Waals surface area contributed by atoms with Gasteiger partial charge < -0.3 is 10.2 Å². The zero-order valence-corrected chi connectivity index (χ0v) is 19.9. The van der Waals surface area contributed by atoms with Gasteiger partial charge in [0.25, 0.3) is 0 Å². The van der Waals surface area contributed by atoms with Gasteiger partial charge in [-0.2, -0.15) is 0 Å². The van der Waals surface area contributed by atoms with Gasteiger partial charge in [-0.1, -0.05) is 75.4 Å². The van der Waals surface area contributed by atoms with Crippen LogP contribution in [0.15, 0.2) is 60.7 Å². The Kier molecular flexibility index (Phi) is 11.8.